The van der Waals surface area contributed by atoms with E-state index in [9.17, 15) is 62.3 Å². The van der Waals surface area contributed by atoms with Crippen molar-refractivity contribution < 1.29 is 76.7 Å². The van der Waals surface area contributed by atoms with Gasteiger partial charge >= 0.3 is 12.2 Å². The summed E-state index contributed by atoms with van der Waals surface area (Å²) in [7, 11) is 3.38. The zero-order valence-electron chi connectivity index (χ0n) is 63.2. The number of aromatic nitrogens is 12. The largest absolute Gasteiger partial charge is 0.447 e. The Morgan fingerprint density at radius 1 is 0.578 bits per heavy atom. The number of benzene rings is 3. The van der Waals surface area contributed by atoms with Gasteiger partial charge in [-0.3, -0.25) is 101 Å². The number of hydrogen-bond donors (Lipinski definition) is 15. The van der Waals surface area contributed by atoms with E-state index in [1.54, 1.807) is 50.5 Å². The molecule has 9 aromatic rings. The van der Waals surface area contributed by atoms with Gasteiger partial charge in [-0.2, -0.15) is 19.9 Å². The second-order valence-corrected chi connectivity index (χ2v) is 24.5. The molecule has 0 aliphatic carbocycles. The molecule has 9 heterocycles. The number of ether oxygens (including phenoxy) is 5. The third kappa shape index (κ3) is 29.3. The van der Waals surface area contributed by atoms with Gasteiger partial charge in [0.15, 0.2) is 33.5 Å². The number of amides is 9. The number of fused-ring (bicyclic) bond motifs is 3. The first-order valence-electron chi connectivity index (χ1n) is 34.4. The lowest BCUT2D eigenvalue weighted by molar-refractivity contribution is -0.122. The number of aliphatic hydroxyl groups excluding tert-OH is 1. The molecule has 0 saturated carbocycles. The highest BCUT2D eigenvalue weighted by Gasteiger charge is 2.40. The molecule has 0 spiro atoms. The van der Waals surface area contributed by atoms with Crippen LogP contribution in [0.15, 0.2) is 135 Å². The van der Waals surface area contributed by atoms with Crippen LogP contribution in [-0.4, -0.2) is 214 Å². The van der Waals surface area contributed by atoms with Crippen LogP contribution >= 0.6 is 37.6 Å². The van der Waals surface area contributed by atoms with Gasteiger partial charge in [-0.1, -0.05) is 65.3 Å². The smallest absolute Gasteiger partial charge is 0.411 e. The van der Waals surface area contributed by atoms with Crippen molar-refractivity contribution in [2.75, 3.05) is 122 Å². The number of imidazole rings is 3. The van der Waals surface area contributed by atoms with Gasteiger partial charge < -0.3 is 56.6 Å². The summed E-state index contributed by atoms with van der Waals surface area (Å²) < 4.78 is 38.9. The Morgan fingerprint density at radius 3 is 1.23 bits per heavy atom. The average Bonchev–Trinajstić information content (AvgIpc) is 1.60. The molecule has 1 saturated heterocycles. The van der Waals surface area contributed by atoms with E-state index in [4.69, 9.17) is 51.7 Å². The van der Waals surface area contributed by atoms with Crippen molar-refractivity contribution >= 4 is 183 Å². The lowest BCUT2D eigenvalue weighted by Gasteiger charge is -2.15. The number of carbonyl (C=O) groups excluding carboxylic acids is 10. The monoisotopic (exact) mass is 1670 g/mol. The van der Waals surface area contributed by atoms with E-state index in [0.717, 1.165) is 40.7 Å². The van der Waals surface area contributed by atoms with Crippen LogP contribution in [0, 0.1) is 0 Å². The number of nitrogen functional groups attached to an aromatic ring is 3. The first-order valence-corrected chi connectivity index (χ1v) is 36.2. The summed E-state index contributed by atoms with van der Waals surface area (Å²) in [5, 5.41) is 13.2. The van der Waals surface area contributed by atoms with Crippen LogP contribution in [-0.2, 0) is 82.2 Å². The van der Waals surface area contributed by atoms with Crippen molar-refractivity contribution in [2.24, 2.45) is 10.7 Å². The van der Waals surface area contributed by atoms with E-state index in [0.29, 0.717) is 46.3 Å². The minimum atomic E-state index is -0.703. The summed E-state index contributed by atoms with van der Waals surface area (Å²) in [5.41, 5.74) is 24.0. The summed E-state index contributed by atoms with van der Waals surface area (Å²) in [6.07, 6.45) is 9.90. The fraction of sp³-hybridized carbons (Fsp3) is 0.309. The zero-order valence-corrected chi connectivity index (χ0v) is 65.8. The lowest BCUT2D eigenvalue weighted by Crippen LogP contribution is -2.31. The van der Waals surface area contributed by atoms with Crippen LogP contribution in [0.3, 0.4) is 0 Å². The predicted molar refractivity (Wildman–Crippen MR) is 435 cm³/mol. The third-order valence-corrected chi connectivity index (χ3v) is 15.7. The molecule has 0 radical (unpaired) electrons. The van der Waals surface area contributed by atoms with Crippen LogP contribution in [0.5, 0.6) is 0 Å². The zero-order chi connectivity index (χ0) is 85.2. The van der Waals surface area contributed by atoms with Crippen LogP contribution in [0.1, 0.15) is 34.1 Å². The van der Waals surface area contributed by atoms with Crippen LogP contribution < -0.4 is 79.1 Å². The number of anilines is 8. The number of carbonyl (C=O) groups is 9. The first kappa shape index (κ1) is 93.7. The molecule has 0 bridgehead atoms. The van der Waals surface area contributed by atoms with E-state index in [-0.39, 0.29) is 141 Å². The summed E-state index contributed by atoms with van der Waals surface area (Å²) in [5.74, 6) is -2.20. The molecule has 48 heteroatoms. The van der Waals surface area contributed by atoms with E-state index >= 15 is 0 Å². The highest BCUT2D eigenvalue weighted by molar-refractivity contribution is 7.98. The molecule has 1 unspecified atom stereocenters. The molecule has 116 heavy (non-hydrogen) atoms. The van der Waals surface area contributed by atoms with Crippen LogP contribution in [0.2, 0.25) is 0 Å². The maximum absolute atomic E-state index is 12.5. The van der Waals surface area contributed by atoms with Crippen molar-refractivity contribution in [2.45, 2.75) is 59.6 Å². The first-order chi connectivity index (χ1) is 55.7. The number of hydrogen-bond acceptors (Lipinski definition) is 36. The predicted octanol–water partition coefficient (Wildman–Crippen LogP) is 1.47. The average molecular weight is 1670 g/mol. The van der Waals surface area contributed by atoms with Crippen molar-refractivity contribution in [1.29, 1.82) is 0 Å². The standard InChI is InChI=1S/C21H24N8O6S.C19H17N7O6.C11H6N2O3.C8H11N5O3.C3H7NO.2C2H7NS.C2H7N/c1-2-24-36-14-9-15(30)29(19(14)32)13-5-3-12(4-6-13)25-21(33)35-8-7-34-11-28-10-23-16-17(28)26-20(22)27-18(16)31;20-18-23-16-15(17(29)24-18)21-9-25(16)10-31-7-8-32-19(30)22-11-1-3-12(4-2-11)26-13(27)5-6-14(26)28;14-7-12-8-1-3-9(4-2-8)13-10(15)5-6-11(13)16;9-8-11-6-5(7(15)12-8)10-3-13(6)4-16-2-1-14;1-4(2)3-5;2*1-2-3-4;1-2-3/h3-6,10,14,24H,2,7-9,11H2,1H3,(H,25,33)(H3,22,26,27,31);1-6,9H,7-8,10H2,(H,22,30)(H3,20,23,24,29);1-6H;3,14H,1-2,4H2,(H3,9,11,12,15);3H,1-2H3;2*3-4H,2H2,1H3;2-3H2,1H3. The Bertz CT molecular complexity index is 5020. The van der Waals surface area contributed by atoms with Gasteiger partial charge in [0.05, 0.1) is 68.2 Å². The van der Waals surface area contributed by atoms with Crippen molar-refractivity contribution in [1.82, 2.24) is 77.6 Å². The SMILES string of the molecule is CCN.CCNS.CCNS.CCNSC1CC(=O)N(c2ccc(NC(=O)OCCOCn3cnc4c(=O)[nH]c(N)nc43)cc2)C1=O.CN(C)C=O.Nc1nc2c(ncn2COCCO)c(=O)[nH]1.Nc1nc2c(ncn2COCCOC(=O)Nc2ccc(N3C(=O)C=CC3=O)cc2)c(=O)[nH]1.O=C=Nc1ccc(N2C(=O)C=CC2=O)cc1. The molecule has 3 aromatic carbocycles. The highest BCUT2D eigenvalue weighted by atomic mass is 32.2. The van der Waals surface area contributed by atoms with Crippen LogP contribution in [0.25, 0.3) is 33.5 Å². The molecule has 1 atom stereocenters. The van der Waals surface area contributed by atoms with Gasteiger partial charge in [0, 0.05) is 75.8 Å². The topological polar surface area (TPSA) is 617 Å². The third-order valence-electron chi connectivity index (χ3n) is 14.0. The Labute approximate surface area is 674 Å². The number of aliphatic imine (C=N–C) groups is 1. The summed E-state index contributed by atoms with van der Waals surface area (Å²) >= 11 is 8.59. The Balaban J connectivity index is 0.000000270. The minimum absolute atomic E-state index is 0.0284. The fourth-order valence-corrected chi connectivity index (χ4v) is 9.82. The number of isocyanates is 1. The molecular weight excluding hydrogens is 1580 g/mol. The number of aliphatic hydroxyl groups is 1. The van der Waals surface area contributed by atoms with Gasteiger partial charge in [-0.25, -0.2) is 44.0 Å². The number of nitrogens with two attached hydrogens (primary N) is 4. The quantitative estimate of drug-likeness (QED) is 0.00694. The number of thiol groups is 2. The van der Waals surface area contributed by atoms with E-state index in [1.807, 2.05) is 27.7 Å². The highest BCUT2D eigenvalue weighted by Crippen LogP contribution is 2.30. The summed E-state index contributed by atoms with van der Waals surface area (Å²) in [6, 6.07) is 18.6. The minimum Gasteiger partial charge on any atom is -0.447 e. The fourth-order valence-electron chi connectivity index (χ4n) is 9.02. The molecule has 45 nitrogen and oxygen atoms in total. The Kier molecular flexibility index (Phi) is 40.1. The molecule has 17 N–H and O–H groups in total. The number of rotatable bonds is 26. The molecule has 12 rings (SSSR count). The Morgan fingerprint density at radius 2 is 0.914 bits per heavy atom. The molecule has 620 valence electrons. The number of nitrogens with zero attached hydrogens (tertiary/aromatic N) is 14. The van der Waals surface area contributed by atoms with Crippen LogP contribution in [0.4, 0.5) is 61.6 Å². The molecular formula is C68H86N26O19S3. The molecule has 3 aliphatic rings. The van der Waals surface area contributed by atoms with E-state index < -0.39 is 40.4 Å². The second-order valence-electron chi connectivity index (χ2n) is 22.8. The number of imide groups is 3. The number of nitrogens with one attached hydrogen (secondary N) is 8. The van der Waals surface area contributed by atoms with Gasteiger partial charge in [-0.15, -0.1) is 0 Å². The van der Waals surface area contributed by atoms with Gasteiger partial charge in [0.1, 0.15) is 38.7 Å². The lowest BCUT2D eigenvalue weighted by atomic mass is 10.2. The maximum atomic E-state index is 12.5. The van der Waals surface area contributed by atoms with Gasteiger partial charge in [0.2, 0.25) is 42.1 Å². The van der Waals surface area contributed by atoms with Crippen molar-refractivity contribution in [3.63, 3.8) is 0 Å². The number of H-pyrrole nitrogens is 3. The number of aromatic amines is 3. The van der Waals surface area contributed by atoms with E-state index in [2.05, 4.69) is 100 Å². The van der Waals surface area contributed by atoms with Gasteiger partial charge in [-0.05, 0) is 79.3 Å². The normalized spacial score (nSPS) is 12.9. The molecule has 3 aliphatic heterocycles. The van der Waals surface area contributed by atoms with Crippen molar-refractivity contribution in [3.8, 4) is 0 Å². The van der Waals surface area contributed by atoms with Crippen molar-refractivity contribution in [3.05, 3.63) is 147 Å². The maximum Gasteiger partial charge on any atom is 0.411 e. The molecule has 1 fully saturated rings. The Hall–Kier alpha value is -12.9. The summed E-state index contributed by atoms with van der Waals surface area (Å²) in [4.78, 5) is 188. The molecule has 6 aromatic heterocycles. The summed E-state index contributed by atoms with van der Waals surface area (Å²) in [6.45, 7) is 11.6. The molecule has 9 amide bonds. The van der Waals surface area contributed by atoms with Gasteiger partial charge in [0.25, 0.3) is 40.3 Å². The second kappa shape index (κ2) is 49.6. The van der Waals surface area contributed by atoms with E-state index in [1.165, 1.54) is 116 Å².